The van der Waals surface area contributed by atoms with E-state index in [2.05, 4.69) is 5.32 Å². The van der Waals surface area contributed by atoms with Gasteiger partial charge in [0.05, 0.1) is 6.54 Å². The van der Waals surface area contributed by atoms with Crippen LogP contribution in [-0.2, 0) is 6.54 Å². The molecule has 0 atom stereocenters. The number of aromatic carboxylic acids is 1. The SMILES string of the molecule is CSCCNCc1cc(C)c(C(=O)O)o1. The van der Waals surface area contributed by atoms with Crippen LogP contribution in [0.15, 0.2) is 10.5 Å². The molecule has 1 heterocycles. The average molecular weight is 229 g/mol. The summed E-state index contributed by atoms with van der Waals surface area (Å²) in [6.45, 7) is 3.20. The fourth-order valence-corrected chi connectivity index (χ4v) is 1.58. The van der Waals surface area contributed by atoms with E-state index in [-0.39, 0.29) is 5.76 Å². The van der Waals surface area contributed by atoms with E-state index < -0.39 is 5.97 Å². The number of hydrogen-bond acceptors (Lipinski definition) is 4. The molecule has 2 N–H and O–H groups in total. The minimum absolute atomic E-state index is 0.0386. The zero-order valence-corrected chi connectivity index (χ0v) is 9.69. The molecule has 15 heavy (non-hydrogen) atoms. The topological polar surface area (TPSA) is 62.5 Å². The number of carbonyl (C=O) groups is 1. The van der Waals surface area contributed by atoms with E-state index in [9.17, 15) is 4.79 Å². The van der Waals surface area contributed by atoms with Crippen LogP contribution in [0.1, 0.15) is 21.9 Å². The van der Waals surface area contributed by atoms with Crippen LogP contribution < -0.4 is 5.32 Å². The predicted octanol–water partition coefficient (Wildman–Crippen LogP) is 1.74. The van der Waals surface area contributed by atoms with Crippen LogP contribution in [0.5, 0.6) is 0 Å². The fourth-order valence-electron chi connectivity index (χ4n) is 1.23. The van der Waals surface area contributed by atoms with Gasteiger partial charge < -0.3 is 14.8 Å². The van der Waals surface area contributed by atoms with E-state index in [1.165, 1.54) is 0 Å². The van der Waals surface area contributed by atoms with E-state index in [4.69, 9.17) is 9.52 Å². The Hall–Kier alpha value is -0.940. The summed E-state index contributed by atoms with van der Waals surface area (Å²) < 4.78 is 5.19. The lowest BCUT2D eigenvalue weighted by atomic mass is 10.2. The molecule has 4 nitrogen and oxygen atoms in total. The molecule has 0 aliphatic carbocycles. The molecule has 1 aromatic rings. The number of rotatable bonds is 6. The van der Waals surface area contributed by atoms with Crippen LogP contribution in [0.2, 0.25) is 0 Å². The summed E-state index contributed by atoms with van der Waals surface area (Å²) in [5.74, 6) is 0.733. The molecule has 0 aliphatic heterocycles. The summed E-state index contributed by atoms with van der Waals surface area (Å²) in [5.41, 5.74) is 0.671. The van der Waals surface area contributed by atoms with E-state index >= 15 is 0 Å². The predicted molar refractivity (Wildman–Crippen MR) is 60.5 cm³/mol. The molecule has 0 saturated heterocycles. The molecule has 0 aromatic carbocycles. The summed E-state index contributed by atoms with van der Waals surface area (Å²) in [7, 11) is 0. The van der Waals surface area contributed by atoms with Crippen molar-refractivity contribution in [2.45, 2.75) is 13.5 Å². The molecule has 1 rings (SSSR count). The van der Waals surface area contributed by atoms with Crippen molar-refractivity contribution >= 4 is 17.7 Å². The second-order valence-electron chi connectivity index (χ2n) is 3.20. The third-order valence-corrected chi connectivity index (χ3v) is 2.56. The van der Waals surface area contributed by atoms with Gasteiger partial charge in [-0.3, -0.25) is 0 Å². The van der Waals surface area contributed by atoms with Crippen molar-refractivity contribution in [1.82, 2.24) is 5.32 Å². The van der Waals surface area contributed by atoms with Gasteiger partial charge in [0.15, 0.2) is 0 Å². The Balaban J connectivity index is 2.48. The lowest BCUT2D eigenvalue weighted by molar-refractivity contribution is 0.0659. The third-order valence-electron chi connectivity index (χ3n) is 1.95. The Kier molecular flexibility index (Phi) is 4.71. The van der Waals surface area contributed by atoms with E-state index in [0.29, 0.717) is 17.9 Å². The molecule has 0 fully saturated rings. The summed E-state index contributed by atoms with van der Waals surface area (Å²) in [4.78, 5) is 10.7. The number of thioether (sulfide) groups is 1. The van der Waals surface area contributed by atoms with Crippen LogP contribution in [0.4, 0.5) is 0 Å². The second-order valence-corrected chi connectivity index (χ2v) is 4.19. The molecule has 0 saturated carbocycles. The number of nitrogens with one attached hydrogen (secondary N) is 1. The summed E-state index contributed by atoms with van der Waals surface area (Å²) in [5, 5.41) is 11.9. The van der Waals surface area contributed by atoms with E-state index in [1.54, 1.807) is 24.8 Å². The lowest BCUT2D eigenvalue weighted by Gasteiger charge is -1.99. The largest absolute Gasteiger partial charge is 0.475 e. The lowest BCUT2D eigenvalue weighted by Crippen LogP contribution is -2.15. The van der Waals surface area contributed by atoms with Crippen molar-refractivity contribution < 1.29 is 14.3 Å². The fraction of sp³-hybridized carbons (Fsp3) is 0.500. The maximum atomic E-state index is 10.7. The van der Waals surface area contributed by atoms with Gasteiger partial charge in [-0.05, 0) is 19.2 Å². The molecular weight excluding hydrogens is 214 g/mol. The zero-order chi connectivity index (χ0) is 11.3. The quantitative estimate of drug-likeness (QED) is 0.727. The van der Waals surface area contributed by atoms with Gasteiger partial charge >= 0.3 is 5.97 Å². The van der Waals surface area contributed by atoms with Crippen molar-refractivity contribution in [3.05, 3.63) is 23.2 Å². The smallest absolute Gasteiger partial charge is 0.372 e. The first-order valence-electron chi connectivity index (χ1n) is 4.67. The van der Waals surface area contributed by atoms with Gasteiger partial charge in [0.1, 0.15) is 5.76 Å². The molecule has 5 heteroatoms. The highest BCUT2D eigenvalue weighted by molar-refractivity contribution is 7.98. The van der Waals surface area contributed by atoms with Gasteiger partial charge in [-0.1, -0.05) is 0 Å². The molecule has 0 unspecified atom stereocenters. The van der Waals surface area contributed by atoms with Crippen molar-refractivity contribution in [2.75, 3.05) is 18.6 Å². The monoisotopic (exact) mass is 229 g/mol. The van der Waals surface area contributed by atoms with Crippen LogP contribution in [0.3, 0.4) is 0 Å². The highest BCUT2D eigenvalue weighted by atomic mass is 32.2. The third kappa shape index (κ3) is 3.60. The molecular formula is C10H15NO3S. The van der Waals surface area contributed by atoms with Crippen molar-refractivity contribution in [3.63, 3.8) is 0 Å². The minimum atomic E-state index is -1.01. The van der Waals surface area contributed by atoms with Gasteiger partial charge in [-0.2, -0.15) is 11.8 Å². The van der Waals surface area contributed by atoms with Crippen LogP contribution in [-0.4, -0.2) is 29.6 Å². The molecule has 0 aliphatic rings. The van der Waals surface area contributed by atoms with Crippen molar-refractivity contribution in [3.8, 4) is 0 Å². The maximum absolute atomic E-state index is 10.7. The standard InChI is InChI=1S/C10H15NO3S/c1-7-5-8(6-11-3-4-15-2)14-9(7)10(12)13/h5,11H,3-4,6H2,1-2H3,(H,12,13). The first kappa shape index (κ1) is 12.1. The van der Waals surface area contributed by atoms with Crippen molar-refractivity contribution in [1.29, 1.82) is 0 Å². The van der Waals surface area contributed by atoms with E-state index in [1.807, 2.05) is 6.26 Å². The van der Waals surface area contributed by atoms with Crippen LogP contribution in [0.25, 0.3) is 0 Å². The Morgan fingerprint density at radius 1 is 1.67 bits per heavy atom. The Bertz CT molecular complexity index is 335. The summed E-state index contributed by atoms with van der Waals surface area (Å²) in [6.07, 6.45) is 2.04. The number of carboxylic acids is 1. The minimum Gasteiger partial charge on any atom is -0.475 e. The number of hydrogen-bond donors (Lipinski definition) is 2. The molecule has 0 radical (unpaired) electrons. The first-order chi connectivity index (χ1) is 7.15. The summed E-state index contributed by atoms with van der Waals surface area (Å²) in [6, 6.07) is 1.76. The second kappa shape index (κ2) is 5.82. The van der Waals surface area contributed by atoms with Gasteiger partial charge in [0, 0.05) is 17.9 Å². The highest BCUT2D eigenvalue weighted by Crippen LogP contribution is 2.14. The number of aryl methyl sites for hydroxylation is 1. The zero-order valence-electron chi connectivity index (χ0n) is 8.87. The van der Waals surface area contributed by atoms with Gasteiger partial charge in [-0.25, -0.2) is 4.79 Å². The normalized spacial score (nSPS) is 10.5. The Labute approximate surface area is 93.0 Å². The number of furan rings is 1. The van der Waals surface area contributed by atoms with Gasteiger partial charge in [0.2, 0.25) is 5.76 Å². The molecule has 1 aromatic heterocycles. The van der Waals surface area contributed by atoms with Crippen LogP contribution in [0, 0.1) is 6.92 Å². The van der Waals surface area contributed by atoms with Crippen molar-refractivity contribution in [2.24, 2.45) is 0 Å². The Morgan fingerprint density at radius 2 is 2.40 bits per heavy atom. The average Bonchev–Trinajstić information content (AvgIpc) is 2.55. The first-order valence-corrected chi connectivity index (χ1v) is 6.06. The molecule has 0 spiro atoms. The highest BCUT2D eigenvalue weighted by Gasteiger charge is 2.13. The maximum Gasteiger partial charge on any atom is 0.372 e. The Morgan fingerprint density at radius 3 is 2.93 bits per heavy atom. The molecule has 0 bridgehead atoms. The summed E-state index contributed by atoms with van der Waals surface area (Å²) >= 11 is 1.76. The van der Waals surface area contributed by atoms with Crippen LogP contribution >= 0.6 is 11.8 Å². The molecule has 0 amide bonds. The van der Waals surface area contributed by atoms with Gasteiger partial charge in [0.25, 0.3) is 0 Å². The number of carboxylic acid groups (broad SMARTS) is 1. The van der Waals surface area contributed by atoms with E-state index in [0.717, 1.165) is 12.3 Å². The molecule has 84 valence electrons. The van der Waals surface area contributed by atoms with Gasteiger partial charge in [-0.15, -0.1) is 0 Å².